The largest absolute Gasteiger partial charge is 0.446 e. The van der Waals surface area contributed by atoms with Crippen LogP contribution in [0.25, 0.3) is 0 Å². The molecular weight excluding hydrogens is 222 g/mol. The lowest BCUT2D eigenvalue weighted by Gasteiger charge is -2.15. The first-order chi connectivity index (χ1) is 7.49. The van der Waals surface area contributed by atoms with Gasteiger partial charge in [-0.05, 0) is 13.3 Å². The molecule has 0 bridgehead atoms. The summed E-state index contributed by atoms with van der Waals surface area (Å²) in [7, 11) is 0. The number of carbonyl (C=O) groups excluding carboxylic acids is 2. The summed E-state index contributed by atoms with van der Waals surface area (Å²) in [6, 6.07) is 0. The highest BCUT2D eigenvalue weighted by molar-refractivity contribution is 5.91. The summed E-state index contributed by atoms with van der Waals surface area (Å²) in [5.74, 6) is -0.400. The van der Waals surface area contributed by atoms with Crippen molar-refractivity contribution in [3.05, 3.63) is 14.4 Å². The summed E-state index contributed by atoms with van der Waals surface area (Å²) in [4.78, 5) is 22.2. The van der Waals surface area contributed by atoms with Crippen molar-refractivity contribution in [3.8, 4) is 0 Å². The van der Waals surface area contributed by atoms with Gasteiger partial charge in [0.2, 0.25) is 5.91 Å². The number of aliphatic hydroxyl groups is 1. The van der Waals surface area contributed by atoms with E-state index in [0.717, 1.165) is 0 Å². The van der Waals surface area contributed by atoms with Gasteiger partial charge in [0.25, 0.3) is 0 Å². The SMILES string of the molecule is [CH2+]CCC(=O)NC(=O)OC(C)CC(O)CC.[CH3-]. The van der Waals surface area contributed by atoms with Gasteiger partial charge in [0, 0.05) is 6.42 Å². The van der Waals surface area contributed by atoms with Crippen molar-refractivity contribution in [1.82, 2.24) is 5.32 Å². The Bertz CT molecular complexity index is 231. The van der Waals surface area contributed by atoms with Crippen LogP contribution in [0.15, 0.2) is 0 Å². The van der Waals surface area contributed by atoms with Crippen LogP contribution < -0.4 is 5.32 Å². The van der Waals surface area contributed by atoms with Gasteiger partial charge in [0.1, 0.15) is 6.10 Å². The van der Waals surface area contributed by atoms with Crippen LogP contribution in [0, 0.1) is 14.4 Å². The van der Waals surface area contributed by atoms with E-state index in [0.29, 0.717) is 19.3 Å². The molecule has 0 rings (SSSR count). The summed E-state index contributed by atoms with van der Waals surface area (Å²) in [6.07, 6.45) is -0.0666. The van der Waals surface area contributed by atoms with Gasteiger partial charge in [-0.2, -0.15) is 0 Å². The average molecular weight is 245 g/mol. The van der Waals surface area contributed by atoms with Crippen molar-refractivity contribution in [2.75, 3.05) is 0 Å². The predicted octanol–water partition coefficient (Wildman–Crippen LogP) is 1.85. The van der Waals surface area contributed by atoms with E-state index in [1.807, 2.05) is 6.92 Å². The van der Waals surface area contributed by atoms with Crippen LogP contribution in [0.2, 0.25) is 0 Å². The number of amides is 2. The number of hydrogen-bond donors (Lipinski definition) is 2. The third-order valence-electron chi connectivity index (χ3n) is 2.03. The van der Waals surface area contributed by atoms with Crippen molar-refractivity contribution in [1.29, 1.82) is 0 Å². The summed E-state index contributed by atoms with van der Waals surface area (Å²) < 4.78 is 4.89. The van der Waals surface area contributed by atoms with Crippen molar-refractivity contribution in [2.45, 2.75) is 51.7 Å². The van der Waals surface area contributed by atoms with Gasteiger partial charge in [-0.25, -0.2) is 4.79 Å². The zero-order chi connectivity index (χ0) is 12.6. The van der Waals surface area contributed by atoms with Crippen molar-refractivity contribution >= 4 is 12.0 Å². The molecule has 0 saturated carbocycles. The fourth-order valence-corrected chi connectivity index (χ4v) is 1.15. The van der Waals surface area contributed by atoms with Crippen LogP contribution in [0.5, 0.6) is 0 Å². The van der Waals surface area contributed by atoms with Gasteiger partial charge in [0.15, 0.2) is 0 Å². The first-order valence-corrected chi connectivity index (χ1v) is 5.47. The van der Waals surface area contributed by atoms with Crippen LogP contribution in [0.4, 0.5) is 4.79 Å². The smallest absolute Gasteiger partial charge is 0.414 e. The number of hydrogen-bond acceptors (Lipinski definition) is 4. The molecule has 2 amide bonds. The van der Waals surface area contributed by atoms with E-state index in [9.17, 15) is 14.7 Å². The molecule has 2 unspecified atom stereocenters. The monoisotopic (exact) mass is 245 g/mol. The zero-order valence-electron chi connectivity index (χ0n) is 10.9. The molecule has 0 radical (unpaired) electrons. The second kappa shape index (κ2) is 9.96. The number of imide groups is 1. The number of alkyl carbamates (subject to hydrolysis) is 1. The van der Waals surface area contributed by atoms with Gasteiger partial charge in [-0.15, -0.1) is 0 Å². The van der Waals surface area contributed by atoms with Crippen LogP contribution in [-0.4, -0.2) is 29.3 Å². The molecular formula is C12H23NO4. The lowest BCUT2D eigenvalue weighted by Crippen LogP contribution is -2.33. The number of rotatable bonds is 6. The Hall–Kier alpha value is -1.23. The first kappa shape index (κ1) is 18.1. The number of nitrogens with one attached hydrogen (secondary N) is 1. The molecule has 17 heavy (non-hydrogen) atoms. The zero-order valence-corrected chi connectivity index (χ0v) is 10.9. The predicted molar refractivity (Wildman–Crippen MR) is 66.0 cm³/mol. The summed E-state index contributed by atoms with van der Waals surface area (Å²) >= 11 is 0. The van der Waals surface area contributed by atoms with E-state index >= 15 is 0 Å². The standard InChI is InChI=1S/C11H19NO4.CH3/c1-4-6-10(14)12-11(15)16-8(3)7-9(13)5-2;/h8-9,13H,1,4-7H2,2-3H3;1H3/q;-1/p+1. The molecule has 0 aromatic carbocycles. The number of carbonyl (C=O) groups is 2. The van der Waals surface area contributed by atoms with E-state index in [1.165, 1.54) is 0 Å². The molecule has 0 aliphatic heterocycles. The minimum absolute atomic E-state index is 0. The van der Waals surface area contributed by atoms with Gasteiger partial charge < -0.3 is 17.3 Å². The van der Waals surface area contributed by atoms with E-state index in [-0.39, 0.29) is 13.8 Å². The van der Waals surface area contributed by atoms with Gasteiger partial charge in [-0.1, -0.05) is 6.92 Å². The fraction of sp³-hybridized carbons (Fsp3) is 0.667. The topological polar surface area (TPSA) is 75.6 Å². The minimum Gasteiger partial charge on any atom is -0.446 e. The van der Waals surface area contributed by atoms with Gasteiger partial charge in [0.05, 0.1) is 25.9 Å². The van der Waals surface area contributed by atoms with Crippen LogP contribution in [-0.2, 0) is 9.53 Å². The highest BCUT2D eigenvalue weighted by atomic mass is 16.6. The molecule has 5 heteroatoms. The Morgan fingerprint density at radius 2 is 2.06 bits per heavy atom. The van der Waals surface area contributed by atoms with E-state index in [1.54, 1.807) is 6.92 Å². The van der Waals surface area contributed by atoms with E-state index in [4.69, 9.17) is 4.74 Å². The summed E-state index contributed by atoms with van der Waals surface area (Å²) in [6.45, 7) is 7.01. The van der Waals surface area contributed by atoms with E-state index in [2.05, 4.69) is 12.2 Å². The Morgan fingerprint density at radius 3 is 2.53 bits per heavy atom. The Balaban J connectivity index is 0. The Labute approximate surface area is 104 Å². The van der Waals surface area contributed by atoms with Crippen LogP contribution in [0.3, 0.4) is 0 Å². The molecule has 100 valence electrons. The number of aliphatic hydroxyl groups excluding tert-OH is 1. The first-order valence-electron chi connectivity index (χ1n) is 5.47. The molecule has 0 aromatic heterocycles. The molecule has 2 atom stereocenters. The van der Waals surface area contributed by atoms with Gasteiger partial charge >= 0.3 is 6.09 Å². The Kier molecular flexibility index (Phi) is 10.6. The Morgan fingerprint density at radius 1 is 1.47 bits per heavy atom. The quantitative estimate of drug-likeness (QED) is 0.700. The molecule has 0 aromatic rings. The molecule has 0 aliphatic carbocycles. The summed E-state index contributed by atoms with van der Waals surface area (Å²) in [5.41, 5.74) is 0. The maximum atomic E-state index is 11.2. The number of ether oxygens (including phenoxy) is 1. The second-order valence-electron chi connectivity index (χ2n) is 3.67. The molecule has 0 aliphatic rings. The van der Waals surface area contributed by atoms with Crippen LogP contribution in [0.1, 0.15) is 39.5 Å². The van der Waals surface area contributed by atoms with Crippen molar-refractivity contribution in [3.63, 3.8) is 0 Å². The molecule has 0 fully saturated rings. The van der Waals surface area contributed by atoms with Gasteiger partial charge in [-0.3, -0.25) is 10.1 Å². The highest BCUT2D eigenvalue weighted by Gasteiger charge is 2.15. The van der Waals surface area contributed by atoms with Crippen LogP contribution >= 0.6 is 0 Å². The maximum absolute atomic E-state index is 11.2. The minimum atomic E-state index is -0.769. The second-order valence-corrected chi connectivity index (χ2v) is 3.67. The molecule has 0 spiro atoms. The lowest BCUT2D eigenvalue weighted by atomic mass is 10.1. The van der Waals surface area contributed by atoms with E-state index < -0.39 is 24.2 Å². The van der Waals surface area contributed by atoms with Crippen molar-refractivity contribution < 1.29 is 19.4 Å². The highest BCUT2D eigenvalue weighted by Crippen LogP contribution is 2.05. The molecule has 2 N–H and O–H groups in total. The third kappa shape index (κ3) is 9.68. The normalized spacial score (nSPS) is 13.1. The summed E-state index contributed by atoms with van der Waals surface area (Å²) in [5, 5.41) is 11.4. The average Bonchev–Trinajstić information content (AvgIpc) is 2.16. The molecule has 0 saturated heterocycles. The molecule has 0 heterocycles. The maximum Gasteiger partial charge on any atom is 0.414 e. The third-order valence-corrected chi connectivity index (χ3v) is 2.03. The fourth-order valence-electron chi connectivity index (χ4n) is 1.15. The lowest BCUT2D eigenvalue weighted by molar-refractivity contribution is -0.120. The van der Waals surface area contributed by atoms with Crippen molar-refractivity contribution in [2.24, 2.45) is 0 Å². The molecule has 5 nitrogen and oxygen atoms in total.